The Labute approximate surface area is 174 Å². The molecule has 1 heterocycles. The predicted octanol–water partition coefficient (Wildman–Crippen LogP) is 4.04. The zero-order valence-electron chi connectivity index (χ0n) is 13.8. The van der Waals surface area contributed by atoms with Gasteiger partial charge in [0.15, 0.2) is 0 Å². The Morgan fingerprint density at radius 3 is 2.15 bits per heavy atom. The fraction of sp³-hybridized carbons (Fsp3) is 0.235. The molecular formula is C17H14BrCl2FN2O3S. The van der Waals surface area contributed by atoms with Gasteiger partial charge in [0.1, 0.15) is 10.7 Å². The second kappa shape index (κ2) is 8.05. The Morgan fingerprint density at radius 2 is 1.59 bits per heavy atom. The molecule has 1 saturated heterocycles. The number of piperazine rings is 1. The van der Waals surface area contributed by atoms with Crippen LogP contribution in [0.2, 0.25) is 10.0 Å². The number of benzene rings is 2. The molecule has 0 spiro atoms. The van der Waals surface area contributed by atoms with Crippen LogP contribution in [0.3, 0.4) is 0 Å². The van der Waals surface area contributed by atoms with Crippen molar-refractivity contribution in [1.29, 1.82) is 0 Å². The van der Waals surface area contributed by atoms with Crippen LogP contribution in [0.1, 0.15) is 10.4 Å². The van der Waals surface area contributed by atoms with E-state index in [-0.39, 0.29) is 46.7 Å². The molecule has 2 aromatic rings. The Hall–Kier alpha value is -1.19. The fourth-order valence-electron chi connectivity index (χ4n) is 2.84. The molecule has 0 radical (unpaired) electrons. The maximum absolute atomic E-state index is 13.8. The van der Waals surface area contributed by atoms with Crippen molar-refractivity contribution in [2.24, 2.45) is 0 Å². The first-order valence-electron chi connectivity index (χ1n) is 7.90. The van der Waals surface area contributed by atoms with Gasteiger partial charge in [-0.05, 0) is 24.3 Å². The lowest BCUT2D eigenvalue weighted by atomic mass is 10.1. The Morgan fingerprint density at radius 1 is 1.04 bits per heavy atom. The van der Waals surface area contributed by atoms with Crippen molar-refractivity contribution >= 4 is 55.1 Å². The van der Waals surface area contributed by atoms with Gasteiger partial charge >= 0.3 is 0 Å². The third-order valence-corrected chi connectivity index (χ3v) is 7.47. The van der Waals surface area contributed by atoms with Crippen molar-refractivity contribution in [1.82, 2.24) is 9.21 Å². The molecule has 0 N–H and O–H groups in total. The van der Waals surface area contributed by atoms with Crippen LogP contribution in [0.15, 0.2) is 45.8 Å². The summed E-state index contributed by atoms with van der Waals surface area (Å²) in [5.74, 6) is -1.07. The molecular weight excluding hydrogens is 482 g/mol. The predicted molar refractivity (Wildman–Crippen MR) is 105 cm³/mol. The smallest absolute Gasteiger partial charge is 0.256 e. The number of rotatable bonds is 3. The lowest BCUT2D eigenvalue weighted by molar-refractivity contribution is 0.0693. The number of carbonyl (C=O) groups is 1. The van der Waals surface area contributed by atoms with Crippen molar-refractivity contribution in [3.8, 4) is 0 Å². The average molecular weight is 496 g/mol. The van der Waals surface area contributed by atoms with Crippen molar-refractivity contribution in [3.63, 3.8) is 0 Å². The van der Waals surface area contributed by atoms with Gasteiger partial charge in [0.2, 0.25) is 10.0 Å². The van der Waals surface area contributed by atoms with Crippen molar-refractivity contribution < 1.29 is 17.6 Å². The van der Waals surface area contributed by atoms with Crippen LogP contribution in [0.4, 0.5) is 4.39 Å². The number of sulfonamides is 1. The van der Waals surface area contributed by atoms with Gasteiger partial charge in [-0.15, -0.1) is 0 Å². The van der Waals surface area contributed by atoms with E-state index in [1.807, 2.05) is 0 Å². The lowest BCUT2D eigenvalue weighted by Gasteiger charge is -2.34. The number of hydrogen-bond donors (Lipinski definition) is 0. The molecule has 144 valence electrons. The van der Waals surface area contributed by atoms with Gasteiger partial charge in [0.25, 0.3) is 5.91 Å². The highest BCUT2D eigenvalue weighted by Crippen LogP contribution is 2.35. The van der Waals surface area contributed by atoms with Crippen molar-refractivity contribution in [3.05, 3.63) is 62.3 Å². The van der Waals surface area contributed by atoms with E-state index in [2.05, 4.69) is 15.9 Å². The molecule has 10 heteroatoms. The summed E-state index contributed by atoms with van der Waals surface area (Å²) < 4.78 is 41.4. The standard InChI is InChI=1S/C17H14BrCl2FN2O3S/c18-11-9-13(19)16(14(20)10-11)27(25,26)23-7-5-22(6-8-23)17(24)12-3-1-2-4-15(12)21/h1-4,9-10H,5-8H2. The first kappa shape index (κ1) is 20.5. The van der Waals surface area contributed by atoms with Crippen LogP contribution in [-0.4, -0.2) is 49.7 Å². The minimum absolute atomic E-state index is 0.0132. The Kier molecular flexibility index (Phi) is 6.12. The molecule has 1 aliphatic rings. The van der Waals surface area contributed by atoms with Crippen LogP contribution in [0.5, 0.6) is 0 Å². The first-order chi connectivity index (χ1) is 12.7. The third-order valence-electron chi connectivity index (χ3n) is 4.19. The molecule has 0 aromatic heterocycles. The second-order valence-corrected chi connectivity index (χ2v) is 9.48. The largest absolute Gasteiger partial charge is 0.336 e. The molecule has 1 amide bonds. The quantitative estimate of drug-likeness (QED) is 0.645. The van der Waals surface area contributed by atoms with E-state index in [4.69, 9.17) is 23.2 Å². The Balaban J connectivity index is 1.78. The maximum atomic E-state index is 13.8. The number of halogens is 4. The monoisotopic (exact) mass is 494 g/mol. The normalized spacial score (nSPS) is 15.8. The summed E-state index contributed by atoms with van der Waals surface area (Å²) in [6, 6.07) is 8.61. The van der Waals surface area contributed by atoms with E-state index in [0.29, 0.717) is 4.47 Å². The van der Waals surface area contributed by atoms with Gasteiger partial charge in [-0.3, -0.25) is 4.79 Å². The fourth-order valence-corrected chi connectivity index (χ4v) is 6.15. The van der Waals surface area contributed by atoms with Gasteiger partial charge in [-0.25, -0.2) is 12.8 Å². The Bertz CT molecular complexity index is 972. The average Bonchev–Trinajstić information content (AvgIpc) is 2.60. The highest BCUT2D eigenvalue weighted by atomic mass is 79.9. The van der Waals surface area contributed by atoms with Gasteiger partial charge in [0.05, 0.1) is 15.6 Å². The maximum Gasteiger partial charge on any atom is 0.256 e. The second-order valence-electron chi connectivity index (χ2n) is 5.87. The molecule has 5 nitrogen and oxygen atoms in total. The summed E-state index contributed by atoms with van der Waals surface area (Å²) in [5, 5.41) is 0.0264. The molecule has 2 aromatic carbocycles. The number of nitrogens with zero attached hydrogens (tertiary/aromatic N) is 2. The van der Waals surface area contributed by atoms with Crippen LogP contribution in [-0.2, 0) is 10.0 Å². The van der Waals surface area contributed by atoms with E-state index in [9.17, 15) is 17.6 Å². The third kappa shape index (κ3) is 4.14. The molecule has 3 rings (SSSR count). The summed E-state index contributed by atoms with van der Waals surface area (Å²) >= 11 is 15.4. The van der Waals surface area contributed by atoms with Gasteiger partial charge in [-0.2, -0.15) is 4.31 Å². The summed E-state index contributed by atoms with van der Waals surface area (Å²) in [6.45, 7) is 0.396. The van der Waals surface area contributed by atoms with Gasteiger partial charge in [0, 0.05) is 30.7 Å². The van der Waals surface area contributed by atoms with Crippen LogP contribution < -0.4 is 0 Å². The molecule has 0 aliphatic carbocycles. The molecule has 0 unspecified atom stereocenters. The first-order valence-corrected chi connectivity index (χ1v) is 10.9. The molecule has 1 fully saturated rings. The highest BCUT2D eigenvalue weighted by Gasteiger charge is 2.33. The van der Waals surface area contributed by atoms with Crippen LogP contribution >= 0.6 is 39.1 Å². The lowest BCUT2D eigenvalue weighted by Crippen LogP contribution is -2.50. The molecule has 1 aliphatic heterocycles. The van der Waals surface area contributed by atoms with Crippen LogP contribution in [0.25, 0.3) is 0 Å². The number of hydrogen-bond acceptors (Lipinski definition) is 3. The topological polar surface area (TPSA) is 57.7 Å². The van der Waals surface area contributed by atoms with Gasteiger partial charge in [-0.1, -0.05) is 51.3 Å². The van der Waals surface area contributed by atoms with E-state index < -0.39 is 21.7 Å². The summed E-state index contributed by atoms with van der Waals surface area (Å²) in [6.07, 6.45) is 0. The van der Waals surface area contributed by atoms with Crippen molar-refractivity contribution in [2.45, 2.75) is 4.90 Å². The molecule has 0 bridgehead atoms. The van der Waals surface area contributed by atoms with Gasteiger partial charge < -0.3 is 4.90 Å². The summed E-state index contributed by atoms with van der Waals surface area (Å²) in [7, 11) is -3.93. The van der Waals surface area contributed by atoms with Crippen LogP contribution in [0, 0.1) is 5.82 Å². The SMILES string of the molecule is O=C(c1ccccc1F)N1CCN(S(=O)(=O)c2c(Cl)cc(Br)cc2Cl)CC1. The minimum atomic E-state index is -3.93. The van der Waals surface area contributed by atoms with E-state index >= 15 is 0 Å². The van der Waals surface area contributed by atoms with E-state index in [0.717, 1.165) is 0 Å². The van der Waals surface area contributed by atoms with Crippen molar-refractivity contribution in [2.75, 3.05) is 26.2 Å². The molecule has 0 atom stereocenters. The van der Waals surface area contributed by atoms with E-state index in [1.165, 1.54) is 39.5 Å². The zero-order chi connectivity index (χ0) is 19.8. The molecule has 0 saturated carbocycles. The zero-order valence-corrected chi connectivity index (χ0v) is 17.7. The highest BCUT2D eigenvalue weighted by molar-refractivity contribution is 9.10. The summed E-state index contributed by atoms with van der Waals surface area (Å²) in [5.41, 5.74) is -0.0344. The minimum Gasteiger partial charge on any atom is -0.336 e. The van der Waals surface area contributed by atoms with E-state index in [1.54, 1.807) is 6.07 Å². The summed E-state index contributed by atoms with van der Waals surface area (Å²) in [4.78, 5) is 13.7. The number of carbonyl (C=O) groups excluding carboxylic acids is 1. The molecule has 27 heavy (non-hydrogen) atoms. The number of amides is 1.